The van der Waals surface area contributed by atoms with Gasteiger partial charge in [-0.15, -0.1) is 0 Å². The van der Waals surface area contributed by atoms with Crippen molar-refractivity contribution in [2.24, 2.45) is 40.4 Å². The average molecular weight is 304 g/mol. The van der Waals surface area contributed by atoms with Gasteiger partial charge in [0.15, 0.2) is 0 Å². The summed E-state index contributed by atoms with van der Waals surface area (Å²) in [5.74, 6) is 4.16. The van der Waals surface area contributed by atoms with E-state index in [4.69, 9.17) is 0 Å². The minimum absolute atomic E-state index is 0.00714. The van der Waals surface area contributed by atoms with Gasteiger partial charge in [0.1, 0.15) is 5.78 Å². The topological polar surface area (TPSA) is 37.3 Å². The molecule has 4 saturated carbocycles. The fourth-order valence-electron chi connectivity index (χ4n) is 7.39. The van der Waals surface area contributed by atoms with E-state index in [1.807, 2.05) is 0 Å². The molecule has 0 radical (unpaired) electrons. The van der Waals surface area contributed by atoms with Gasteiger partial charge in [0.2, 0.25) is 0 Å². The number of rotatable bonds is 0. The Kier molecular flexibility index (Phi) is 3.32. The molecular formula is C20H32O2. The number of Topliss-reactive ketones (excluding diaryl/α,β-unsaturated/α-hetero) is 1. The van der Waals surface area contributed by atoms with Gasteiger partial charge in [0, 0.05) is 11.8 Å². The zero-order chi connectivity index (χ0) is 15.7. The van der Waals surface area contributed by atoms with E-state index in [0.717, 1.165) is 49.9 Å². The van der Waals surface area contributed by atoms with Crippen molar-refractivity contribution < 1.29 is 9.90 Å². The fraction of sp³-hybridized carbons (Fsp3) is 0.950. The van der Waals surface area contributed by atoms with Crippen LogP contribution in [0.1, 0.15) is 72.1 Å². The van der Waals surface area contributed by atoms with E-state index in [9.17, 15) is 9.90 Å². The molecule has 8 unspecified atom stereocenters. The molecule has 8 atom stereocenters. The van der Waals surface area contributed by atoms with Crippen molar-refractivity contribution in [1.29, 1.82) is 0 Å². The molecule has 4 fully saturated rings. The first-order valence-corrected chi connectivity index (χ1v) is 9.57. The Balaban J connectivity index is 1.69. The lowest BCUT2D eigenvalue weighted by Gasteiger charge is -2.62. The van der Waals surface area contributed by atoms with Gasteiger partial charge in [-0.2, -0.15) is 0 Å². The molecule has 4 rings (SSSR count). The number of carbonyl (C=O) groups excluding carboxylic acids is 1. The van der Waals surface area contributed by atoms with Crippen molar-refractivity contribution in [1.82, 2.24) is 0 Å². The molecule has 0 aliphatic heterocycles. The lowest BCUT2D eigenvalue weighted by molar-refractivity contribution is -0.153. The molecular weight excluding hydrogens is 272 g/mol. The molecule has 0 bridgehead atoms. The van der Waals surface area contributed by atoms with Crippen molar-refractivity contribution in [2.75, 3.05) is 0 Å². The summed E-state index contributed by atoms with van der Waals surface area (Å²) in [7, 11) is 0. The largest absolute Gasteiger partial charge is 0.393 e. The third-order valence-electron chi connectivity index (χ3n) is 8.71. The van der Waals surface area contributed by atoms with Crippen molar-refractivity contribution in [3.05, 3.63) is 0 Å². The van der Waals surface area contributed by atoms with Crippen molar-refractivity contribution >= 4 is 5.78 Å². The van der Waals surface area contributed by atoms with Gasteiger partial charge in [-0.05, 0) is 80.0 Å². The Morgan fingerprint density at radius 1 is 1.05 bits per heavy atom. The number of hydrogen-bond acceptors (Lipinski definition) is 2. The van der Waals surface area contributed by atoms with E-state index < -0.39 is 0 Å². The Labute approximate surface area is 135 Å². The molecule has 22 heavy (non-hydrogen) atoms. The molecule has 124 valence electrons. The van der Waals surface area contributed by atoms with Crippen molar-refractivity contribution in [3.63, 3.8) is 0 Å². The second-order valence-corrected chi connectivity index (χ2v) is 9.55. The quantitative estimate of drug-likeness (QED) is 0.728. The molecule has 1 N–H and O–H groups in total. The zero-order valence-electron chi connectivity index (χ0n) is 14.5. The number of aliphatic hydroxyl groups excluding tert-OH is 1. The van der Waals surface area contributed by atoms with Crippen LogP contribution >= 0.6 is 0 Å². The maximum Gasteiger partial charge on any atom is 0.139 e. The summed E-state index contributed by atoms with van der Waals surface area (Å²) in [6.07, 6.45) is 8.76. The number of carbonyl (C=O) groups is 1. The molecule has 0 aromatic carbocycles. The average Bonchev–Trinajstić information content (AvgIpc) is 2.77. The molecule has 2 heteroatoms. The Morgan fingerprint density at radius 2 is 1.82 bits per heavy atom. The van der Waals surface area contributed by atoms with Gasteiger partial charge >= 0.3 is 0 Å². The van der Waals surface area contributed by atoms with E-state index in [2.05, 4.69) is 20.8 Å². The first-order valence-electron chi connectivity index (χ1n) is 9.57. The van der Waals surface area contributed by atoms with Gasteiger partial charge in [-0.1, -0.05) is 20.8 Å². The van der Waals surface area contributed by atoms with Crippen LogP contribution in [0.5, 0.6) is 0 Å². The van der Waals surface area contributed by atoms with Crippen LogP contribution in [0.25, 0.3) is 0 Å². The van der Waals surface area contributed by atoms with Gasteiger partial charge in [0.05, 0.1) is 6.10 Å². The van der Waals surface area contributed by atoms with Crippen LogP contribution in [0.4, 0.5) is 0 Å². The SMILES string of the molecule is CC1CC2CC(O)CCC2(C)C2CCC3(C)C(=O)CCC3C12. The van der Waals surface area contributed by atoms with E-state index >= 15 is 0 Å². The molecule has 0 amide bonds. The predicted octanol–water partition coefficient (Wildman–Crippen LogP) is 4.21. The van der Waals surface area contributed by atoms with Crippen LogP contribution in [-0.4, -0.2) is 17.0 Å². The molecule has 4 aliphatic carbocycles. The number of aliphatic hydroxyl groups is 1. The summed E-state index contributed by atoms with van der Waals surface area (Å²) in [6, 6.07) is 0. The maximum atomic E-state index is 12.5. The van der Waals surface area contributed by atoms with Crippen LogP contribution < -0.4 is 0 Å². The van der Waals surface area contributed by atoms with Gasteiger partial charge in [0.25, 0.3) is 0 Å². The van der Waals surface area contributed by atoms with Crippen LogP contribution in [0.15, 0.2) is 0 Å². The summed E-state index contributed by atoms with van der Waals surface area (Å²) in [4.78, 5) is 12.5. The second-order valence-electron chi connectivity index (χ2n) is 9.55. The van der Waals surface area contributed by atoms with Crippen LogP contribution in [-0.2, 0) is 4.79 Å². The van der Waals surface area contributed by atoms with Gasteiger partial charge < -0.3 is 5.11 Å². The highest BCUT2D eigenvalue weighted by Crippen LogP contribution is 2.66. The van der Waals surface area contributed by atoms with E-state index in [-0.39, 0.29) is 11.5 Å². The van der Waals surface area contributed by atoms with Crippen molar-refractivity contribution in [3.8, 4) is 0 Å². The number of ketones is 1. The van der Waals surface area contributed by atoms with Crippen molar-refractivity contribution in [2.45, 2.75) is 78.2 Å². The van der Waals surface area contributed by atoms with E-state index in [0.29, 0.717) is 23.0 Å². The van der Waals surface area contributed by atoms with Crippen LogP contribution in [0, 0.1) is 40.4 Å². The zero-order valence-corrected chi connectivity index (χ0v) is 14.5. The lowest BCUT2D eigenvalue weighted by atomic mass is 9.43. The van der Waals surface area contributed by atoms with Crippen LogP contribution in [0.2, 0.25) is 0 Å². The molecule has 0 heterocycles. The second kappa shape index (κ2) is 4.82. The van der Waals surface area contributed by atoms with Gasteiger partial charge in [-0.3, -0.25) is 4.79 Å². The smallest absolute Gasteiger partial charge is 0.139 e. The predicted molar refractivity (Wildman–Crippen MR) is 87.3 cm³/mol. The number of hydrogen-bond donors (Lipinski definition) is 1. The minimum Gasteiger partial charge on any atom is -0.393 e. The van der Waals surface area contributed by atoms with E-state index in [1.165, 1.54) is 19.3 Å². The summed E-state index contributed by atoms with van der Waals surface area (Å²) in [5, 5.41) is 10.1. The Bertz CT molecular complexity index is 486. The normalized spacial score (nSPS) is 57.9. The first kappa shape index (κ1) is 15.2. The highest BCUT2D eigenvalue weighted by Gasteiger charge is 2.61. The highest BCUT2D eigenvalue weighted by atomic mass is 16.3. The standard InChI is InChI=1S/C20H32O2/c1-12-10-13-11-14(21)6-8-19(13,2)16-7-9-20(3)15(18(12)16)4-5-17(20)22/h12-16,18,21H,4-11H2,1-3H3. The molecule has 0 spiro atoms. The lowest BCUT2D eigenvalue weighted by Crippen LogP contribution is -2.56. The summed E-state index contributed by atoms with van der Waals surface area (Å²) >= 11 is 0. The third kappa shape index (κ3) is 1.85. The highest BCUT2D eigenvalue weighted by molar-refractivity contribution is 5.87. The number of fused-ring (bicyclic) bond motifs is 5. The fourth-order valence-corrected chi connectivity index (χ4v) is 7.39. The minimum atomic E-state index is -0.0660. The van der Waals surface area contributed by atoms with E-state index in [1.54, 1.807) is 0 Å². The summed E-state index contributed by atoms with van der Waals surface area (Å²) in [5.41, 5.74) is 0.413. The third-order valence-corrected chi connectivity index (χ3v) is 8.71. The molecule has 2 nitrogen and oxygen atoms in total. The first-order chi connectivity index (χ1) is 10.4. The summed E-state index contributed by atoms with van der Waals surface area (Å²) in [6.45, 7) is 7.23. The Hall–Kier alpha value is -0.370. The molecule has 0 aromatic rings. The molecule has 4 aliphatic rings. The monoisotopic (exact) mass is 304 g/mol. The van der Waals surface area contributed by atoms with Crippen LogP contribution in [0.3, 0.4) is 0 Å². The van der Waals surface area contributed by atoms with Gasteiger partial charge in [-0.25, -0.2) is 0 Å². The Morgan fingerprint density at radius 3 is 2.59 bits per heavy atom. The maximum absolute atomic E-state index is 12.5. The molecule has 0 saturated heterocycles. The molecule has 0 aromatic heterocycles. The summed E-state index contributed by atoms with van der Waals surface area (Å²) < 4.78 is 0.